The number of carbonyl (C=O) groups is 1. The second-order valence-corrected chi connectivity index (χ2v) is 5.18. The third kappa shape index (κ3) is 2.50. The molecule has 0 spiro atoms. The Balaban J connectivity index is 2.31. The Labute approximate surface area is 113 Å². The van der Waals surface area contributed by atoms with Crippen LogP contribution in [-0.4, -0.2) is 51.4 Å². The maximum Gasteiger partial charge on any atom is 0.322 e. The van der Waals surface area contributed by atoms with Crippen molar-refractivity contribution in [1.29, 1.82) is 0 Å². The van der Waals surface area contributed by atoms with E-state index in [2.05, 4.69) is 22.2 Å². The molecule has 2 atom stereocenters. The van der Waals surface area contributed by atoms with Gasteiger partial charge in [-0.25, -0.2) is 0 Å². The van der Waals surface area contributed by atoms with Crippen LogP contribution >= 0.6 is 0 Å². The van der Waals surface area contributed by atoms with Crippen molar-refractivity contribution in [3.8, 4) is 0 Å². The highest BCUT2D eigenvalue weighted by atomic mass is 16.4. The molecule has 6 nitrogen and oxygen atoms in total. The lowest BCUT2D eigenvalue weighted by Crippen LogP contribution is -2.55. The number of piperazine rings is 1. The van der Waals surface area contributed by atoms with Crippen LogP contribution in [-0.2, 0) is 11.8 Å². The van der Waals surface area contributed by atoms with Crippen LogP contribution in [0.5, 0.6) is 0 Å². The summed E-state index contributed by atoms with van der Waals surface area (Å²) in [5.41, 5.74) is 3.23. The van der Waals surface area contributed by atoms with Crippen LogP contribution in [0.15, 0.2) is 0 Å². The lowest BCUT2D eigenvalue weighted by atomic mass is 10.0. The Hall–Kier alpha value is -1.40. The molecule has 1 aromatic heterocycles. The van der Waals surface area contributed by atoms with Crippen molar-refractivity contribution in [3.63, 3.8) is 0 Å². The number of carboxylic acids is 1. The SMILES string of the molecule is Cc1nn(C)c(C)c1C(C)N1CCNCC1C(=O)O. The molecule has 1 aliphatic heterocycles. The van der Waals surface area contributed by atoms with E-state index in [9.17, 15) is 9.90 Å². The first-order valence-electron chi connectivity index (χ1n) is 6.62. The summed E-state index contributed by atoms with van der Waals surface area (Å²) in [7, 11) is 1.92. The minimum absolute atomic E-state index is 0.0666. The van der Waals surface area contributed by atoms with Gasteiger partial charge in [-0.1, -0.05) is 0 Å². The first-order valence-corrected chi connectivity index (χ1v) is 6.62. The number of nitrogens with zero attached hydrogens (tertiary/aromatic N) is 3. The zero-order valence-corrected chi connectivity index (χ0v) is 12.0. The normalized spacial score (nSPS) is 22.4. The van der Waals surface area contributed by atoms with Gasteiger partial charge in [-0.15, -0.1) is 0 Å². The summed E-state index contributed by atoms with van der Waals surface area (Å²) >= 11 is 0. The Morgan fingerprint density at radius 2 is 2.21 bits per heavy atom. The fourth-order valence-corrected chi connectivity index (χ4v) is 2.97. The van der Waals surface area contributed by atoms with Gasteiger partial charge in [-0.3, -0.25) is 14.4 Å². The second kappa shape index (κ2) is 5.30. The summed E-state index contributed by atoms with van der Waals surface area (Å²) in [6.45, 7) is 8.15. The molecule has 1 fully saturated rings. The predicted molar refractivity (Wildman–Crippen MR) is 72.1 cm³/mol. The summed E-state index contributed by atoms with van der Waals surface area (Å²) in [5, 5.41) is 16.9. The molecule has 0 bridgehead atoms. The number of carboxylic acid groups (broad SMARTS) is 1. The van der Waals surface area contributed by atoms with Crippen LogP contribution in [0.3, 0.4) is 0 Å². The Morgan fingerprint density at radius 1 is 1.53 bits per heavy atom. The number of hydrogen-bond acceptors (Lipinski definition) is 4. The summed E-state index contributed by atoms with van der Waals surface area (Å²) in [5.74, 6) is -0.766. The smallest absolute Gasteiger partial charge is 0.322 e. The van der Waals surface area contributed by atoms with Crippen LogP contribution in [0.1, 0.15) is 29.9 Å². The molecular formula is C13H22N4O2. The van der Waals surface area contributed by atoms with Crippen LogP contribution in [0, 0.1) is 13.8 Å². The quantitative estimate of drug-likeness (QED) is 0.831. The molecule has 1 aliphatic rings. The monoisotopic (exact) mass is 266 g/mol. The van der Waals surface area contributed by atoms with E-state index in [1.165, 1.54) is 0 Å². The standard InChI is InChI=1S/C13H22N4O2/c1-8-12(9(2)16(4)15-8)10(3)17-6-5-14-7-11(17)13(18)19/h10-11,14H,5-7H2,1-4H3,(H,18,19). The molecule has 2 heterocycles. The second-order valence-electron chi connectivity index (χ2n) is 5.18. The molecule has 0 aliphatic carbocycles. The number of aryl methyl sites for hydroxylation is 2. The summed E-state index contributed by atoms with van der Waals surface area (Å²) in [6, 6.07) is -0.403. The van der Waals surface area contributed by atoms with Gasteiger partial charge in [0.2, 0.25) is 0 Å². The van der Waals surface area contributed by atoms with Crippen molar-refractivity contribution in [2.24, 2.45) is 7.05 Å². The van der Waals surface area contributed by atoms with Crippen molar-refractivity contribution in [1.82, 2.24) is 20.0 Å². The number of aromatic nitrogens is 2. The summed E-state index contributed by atoms with van der Waals surface area (Å²) in [4.78, 5) is 13.4. The van der Waals surface area contributed by atoms with Gasteiger partial charge in [0.25, 0.3) is 0 Å². The van der Waals surface area contributed by atoms with E-state index in [-0.39, 0.29) is 6.04 Å². The Kier molecular flexibility index (Phi) is 3.91. The zero-order chi connectivity index (χ0) is 14.2. The van der Waals surface area contributed by atoms with Gasteiger partial charge in [-0.2, -0.15) is 5.10 Å². The van der Waals surface area contributed by atoms with Crippen LogP contribution in [0.2, 0.25) is 0 Å². The molecule has 2 unspecified atom stereocenters. The van der Waals surface area contributed by atoms with Gasteiger partial charge in [0, 0.05) is 44.0 Å². The fraction of sp³-hybridized carbons (Fsp3) is 0.692. The molecule has 1 saturated heterocycles. The molecule has 1 aromatic rings. The topological polar surface area (TPSA) is 70.4 Å². The number of hydrogen-bond donors (Lipinski definition) is 2. The van der Waals surface area contributed by atoms with Gasteiger partial charge in [0.1, 0.15) is 6.04 Å². The van der Waals surface area contributed by atoms with Crippen LogP contribution in [0.25, 0.3) is 0 Å². The average Bonchev–Trinajstić information content (AvgIpc) is 2.62. The van der Waals surface area contributed by atoms with Crippen molar-refractivity contribution < 1.29 is 9.90 Å². The van der Waals surface area contributed by atoms with Crippen molar-refractivity contribution in [3.05, 3.63) is 17.0 Å². The number of rotatable bonds is 3. The van der Waals surface area contributed by atoms with Crippen molar-refractivity contribution >= 4 is 5.97 Å². The molecule has 0 saturated carbocycles. The molecule has 106 valence electrons. The molecule has 19 heavy (non-hydrogen) atoms. The minimum atomic E-state index is -0.766. The first kappa shape index (κ1) is 14.0. The molecular weight excluding hydrogens is 244 g/mol. The van der Waals surface area contributed by atoms with E-state index in [0.29, 0.717) is 6.54 Å². The molecule has 2 rings (SSSR count). The van der Waals surface area contributed by atoms with Gasteiger partial charge in [0.15, 0.2) is 0 Å². The molecule has 0 amide bonds. The van der Waals surface area contributed by atoms with E-state index in [0.717, 1.165) is 30.0 Å². The van der Waals surface area contributed by atoms with E-state index in [1.54, 1.807) is 0 Å². The molecule has 6 heteroatoms. The van der Waals surface area contributed by atoms with Gasteiger partial charge < -0.3 is 10.4 Å². The van der Waals surface area contributed by atoms with Crippen molar-refractivity contribution in [2.45, 2.75) is 32.9 Å². The molecule has 0 aromatic carbocycles. The number of aliphatic carboxylic acids is 1. The van der Waals surface area contributed by atoms with E-state index in [4.69, 9.17) is 0 Å². The lowest BCUT2D eigenvalue weighted by molar-refractivity contribution is -0.145. The van der Waals surface area contributed by atoms with Crippen LogP contribution in [0.4, 0.5) is 0 Å². The minimum Gasteiger partial charge on any atom is -0.480 e. The summed E-state index contributed by atoms with van der Waals surface area (Å²) in [6.07, 6.45) is 0. The largest absolute Gasteiger partial charge is 0.480 e. The molecule has 0 radical (unpaired) electrons. The average molecular weight is 266 g/mol. The van der Waals surface area contributed by atoms with E-state index >= 15 is 0 Å². The van der Waals surface area contributed by atoms with Gasteiger partial charge in [-0.05, 0) is 20.8 Å². The maximum absolute atomic E-state index is 11.4. The fourth-order valence-electron chi connectivity index (χ4n) is 2.97. The Morgan fingerprint density at radius 3 is 2.74 bits per heavy atom. The highest BCUT2D eigenvalue weighted by Gasteiger charge is 2.34. The zero-order valence-electron chi connectivity index (χ0n) is 12.0. The summed E-state index contributed by atoms with van der Waals surface area (Å²) < 4.78 is 1.86. The van der Waals surface area contributed by atoms with Crippen molar-refractivity contribution in [2.75, 3.05) is 19.6 Å². The third-order valence-electron chi connectivity index (χ3n) is 4.05. The maximum atomic E-state index is 11.4. The third-order valence-corrected chi connectivity index (χ3v) is 4.05. The van der Waals surface area contributed by atoms with Gasteiger partial charge in [0.05, 0.1) is 5.69 Å². The van der Waals surface area contributed by atoms with E-state index in [1.807, 2.05) is 25.6 Å². The first-order chi connectivity index (χ1) is 8.93. The lowest BCUT2D eigenvalue weighted by Gasteiger charge is -2.38. The highest BCUT2D eigenvalue weighted by molar-refractivity contribution is 5.74. The highest BCUT2D eigenvalue weighted by Crippen LogP contribution is 2.28. The van der Waals surface area contributed by atoms with Crippen LogP contribution < -0.4 is 5.32 Å². The number of nitrogens with one attached hydrogen (secondary N) is 1. The predicted octanol–water partition coefficient (Wildman–Crippen LogP) is 0.456. The van der Waals surface area contributed by atoms with Gasteiger partial charge >= 0.3 is 5.97 Å². The Bertz CT molecular complexity index is 483. The molecule has 2 N–H and O–H groups in total. The van der Waals surface area contributed by atoms with E-state index < -0.39 is 12.0 Å².